The van der Waals surface area contributed by atoms with Crippen molar-refractivity contribution in [3.8, 4) is 11.5 Å². The number of anilines is 1. The molecule has 1 aromatic carbocycles. The first-order valence-electron chi connectivity index (χ1n) is 8.12. The molecule has 0 saturated carbocycles. The van der Waals surface area contributed by atoms with Crippen molar-refractivity contribution in [1.82, 2.24) is 9.88 Å². The van der Waals surface area contributed by atoms with Gasteiger partial charge >= 0.3 is 6.03 Å². The van der Waals surface area contributed by atoms with Crippen molar-refractivity contribution < 1.29 is 14.6 Å². The molecule has 0 bridgehead atoms. The molecule has 126 valence electrons. The number of aliphatic hydroxyl groups excluding tert-OH is 1. The Bertz CT molecular complexity index is 661. The quantitative estimate of drug-likeness (QED) is 0.904. The number of ether oxygens (including phenoxy) is 1. The maximum atomic E-state index is 12.4. The molecule has 1 saturated heterocycles. The highest BCUT2D eigenvalue weighted by atomic mass is 16.5. The second-order valence-corrected chi connectivity index (χ2v) is 5.77. The zero-order chi connectivity index (χ0) is 16.8. The number of hydrogen-bond donors (Lipinski definition) is 2. The summed E-state index contributed by atoms with van der Waals surface area (Å²) in [4.78, 5) is 18.1. The minimum absolute atomic E-state index is 0.00527. The van der Waals surface area contributed by atoms with Gasteiger partial charge in [0, 0.05) is 18.4 Å². The third-order valence-corrected chi connectivity index (χ3v) is 4.07. The SMILES string of the molecule is O=C(Nc1ccc(Oc2cccnc2)cc1)N1CCCCC1CO. The van der Waals surface area contributed by atoms with E-state index in [1.165, 1.54) is 0 Å². The van der Waals surface area contributed by atoms with Crippen molar-refractivity contribution in [3.63, 3.8) is 0 Å². The largest absolute Gasteiger partial charge is 0.456 e. The third kappa shape index (κ3) is 4.02. The smallest absolute Gasteiger partial charge is 0.322 e. The maximum Gasteiger partial charge on any atom is 0.322 e. The van der Waals surface area contributed by atoms with Crippen LogP contribution in [0.5, 0.6) is 11.5 Å². The van der Waals surface area contributed by atoms with Gasteiger partial charge in [0.05, 0.1) is 18.8 Å². The number of urea groups is 1. The van der Waals surface area contributed by atoms with Crippen molar-refractivity contribution in [2.45, 2.75) is 25.3 Å². The molecule has 24 heavy (non-hydrogen) atoms. The lowest BCUT2D eigenvalue weighted by Gasteiger charge is -2.34. The third-order valence-electron chi connectivity index (χ3n) is 4.07. The normalized spacial score (nSPS) is 17.4. The molecule has 2 heterocycles. The predicted molar refractivity (Wildman–Crippen MR) is 91.2 cm³/mol. The van der Waals surface area contributed by atoms with Gasteiger partial charge in [-0.05, 0) is 55.7 Å². The average molecular weight is 327 g/mol. The Morgan fingerprint density at radius 1 is 1.25 bits per heavy atom. The molecule has 1 aliphatic rings. The van der Waals surface area contributed by atoms with Crippen molar-refractivity contribution in [1.29, 1.82) is 0 Å². The number of carbonyl (C=O) groups excluding carboxylic acids is 1. The van der Waals surface area contributed by atoms with Gasteiger partial charge in [0.2, 0.25) is 0 Å². The molecule has 1 atom stereocenters. The number of piperidine rings is 1. The molecule has 6 heteroatoms. The van der Waals surface area contributed by atoms with E-state index in [9.17, 15) is 9.90 Å². The van der Waals surface area contributed by atoms with Gasteiger partial charge in [-0.3, -0.25) is 4.98 Å². The van der Waals surface area contributed by atoms with Crippen LogP contribution < -0.4 is 10.1 Å². The maximum absolute atomic E-state index is 12.4. The first-order chi connectivity index (χ1) is 11.8. The van der Waals surface area contributed by atoms with E-state index >= 15 is 0 Å². The number of aliphatic hydroxyl groups is 1. The number of carbonyl (C=O) groups is 1. The van der Waals surface area contributed by atoms with Crippen LogP contribution in [-0.4, -0.2) is 40.2 Å². The lowest BCUT2D eigenvalue weighted by molar-refractivity contribution is 0.115. The van der Waals surface area contributed by atoms with Gasteiger partial charge < -0.3 is 20.1 Å². The lowest BCUT2D eigenvalue weighted by atomic mass is 10.0. The van der Waals surface area contributed by atoms with Crippen molar-refractivity contribution in [2.24, 2.45) is 0 Å². The van der Waals surface area contributed by atoms with Gasteiger partial charge in [-0.2, -0.15) is 0 Å². The van der Waals surface area contributed by atoms with E-state index in [-0.39, 0.29) is 18.7 Å². The minimum atomic E-state index is -0.172. The van der Waals surface area contributed by atoms with E-state index in [1.807, 2.05) is 6.07 Å². The molecular weight excluding hydrogens is 306 g/mol. The summed E-state index contributed by atoms with van der Waals surface area (Å²) in [7, 11) is 0. The van der Waals surface area contributed by atoms with Gasteiger partial charge in [-0.25, -0.2) is 4.79 Å². The second-order valence-electron chi connectivity index (χ2n) is 5.77. The van der Waals surface area contributed by atoms with E-state index in [0.29, 0.717) is 23.7 Å². The molecule has 1 aromatic heterocycles. The Balaban J connectivity index is 1.60. The molecule has 6 nitrogen and oxygen atoms in total. The zero-order valence-corrected chi connectivity index (χ0v) is 13.4. The fourth-order valence-electron chi connectivity index (χ4n) is 2.80. The van der Waals surface area contributed by atoms with Crippen LogP contribution in [-0.2, 0) is 0 Å². The van der Waals surface area contributed by atoms with Gasteiger partial charge in [0.25, 0.3) is 0 Å². The van der Waals surface area contributed by atoms with Crippen LogP contribution in [0.3, 0.4) is 0 Å². The number of rotatable bonds is 4. The molecule has 0 radical (unpaired) electrons. The zero-order valence-electron chi connectivity index (χ0n) is 13.4. The van der Waals surface area contributed by atoms with Crippen LogP contribution in [0.15, 0.2) is 48.8 Å². The summed E-state index contributed by atoms with van der Waals surface area (Å²) in [6.45, 7) is 0.685. The molecule has 0 spiro atoms. The van der Waals surface area contributed by atoms with E-state index in [2.05, 4.69) is 10.3 Å². The summed E-state index contributed by atoms with van der Waals surface area (Å²) in [6.07, 6.45) is 6.20. The Kier molecular flexibility index (Phi) is 5.28. The van der Waals surface area contributed by atoms with E-state index in [1.54, 1.807) is 47.6 Å². The summed E-state index contributed by atoms with van der Waals surface area (Å²) in [5, 5.41) is 12.3. The highest BCUT2D eigenvalue weighted by Crippen LogP contribution is 2.23. The van der Waals surface area contributed by atoms with Gasteiger partial charge in [-0.15, -0.1) is 0 Å². The lowest BCUT2D eigenvalue weighted by Crippen LogP contribution is -2.47. The van der Waals surface area contributed by atoms with Crippen molar-refractivity contribution in [2.75, 3.05) is 18.5 Å². The van der Waals surface area contributed by atoms with E-state index in [0.717, 1.165) is 19.3 Å². The van der Waals surface area contributed by atoms with Gasteiger partial charge in [0.1, 0.15) is 11.5 Å². The van der Waals surface area contributed by atoms with Crippen molar-refractivity contribution in [3.05, 3.63) is 48.8 Å². The van der Waals surface area contributed by atoms with Crippen LogP contribution in [0, 0.1) is 0 Å². The topological polar surface area (TPSA) is 74.7 Å². The van der Waals surface area contributed by atoms with E-state index in [4.69, 9.17) is 4.74 Å². The number of nitrogens with zero attached hydrogens (tertiary/aromatic N) is 2. The average Bonchev–Trinajstić information content (AvgIpc) is 2.64. The molecule has 2 aromatic rings. The van der Waals surface area contributed by atoms with Crippen LogP contribution in [0.2, 0.25) is 0 Å². The minimum Gasteiger partial charge on any atom is -0.456 e. The summed E-state index contributed by atoms with van der Waals surface area (Å²) in [5.41, 5.74) is 0.695. The number of hydrogen-bond acceptors (Lipinski definition) is 4. The Labute approximate surface area is 141 Å². The molecule has 3 rings (SSSR count). The first kappa shape index (κ1) is 16.3. The number of benzene rings is 1. The summed E-state index contributed by atoms with van der Waals surface area (Å²) < 4.78 is 5.67. The first-order valence-corrected chi connectivity index (χ1v) is 8.12. The Morgan fingerprint density at radius 2 is 2.08 bits per heavy atom. The molecule has 0 aliphatic carbocycles. The van der Waals surface area contributed by atoms with Crippen LogP contribution in [0.25, 0.3) is 0 Å². The monoisotopic (exact) mass is 327 g/mol. The van der Waals surface area contributed by atoms with Crippen molar-refractivity contribution >= 4 is 11.7 Å². The Morgan fingerprint density at radius 3 is 2.79 bits per heavy atom. The highest BCUT2D eigenvalue weighted by molar-refractivity contribution is 5.89. The molecular formula is C18H21N3O3. The number of amides is 2. The molecule has 1 fully saturated rings. The standard InChI is InChI=1S/C18H21N3O3/c22-13-15-4-1-2-11-21(15)18(23)20-14-6-8-16(9-7-14)24-17-5-3-10-19-12-17/h3,5-10,12,15,22H,1-2,4,11,13H2,(H,20,23). The summed E-state index contributed by atoms with van der Waals surface area (Å²) in [6, 6.07) is 10.5. The number of pyridine rings is 1. The fourth-order valence-corrected chi connectivity index (χ4v) is 2.80. The number of likely N-dealkylation sites (tertiary alicyclic amines) is 1. The number of nitrogens with one attached hydrogen (secondary N) is 1. The molecule has 1 unspecified atom stereocenters. The second kappa shape index (κ2) is 7.79. The molecule has 2 amide bonds. The summed E-state index contributed by atoms with van der Waals surface area (Å²) in [5.74, 6) is 1.33. The van der Waals surface area contributed by atoms with Crippen LogP contribution >= 0.6 is 0 Å². The predicted octanol–water partition coefficient (Wildman–Crippen LogP) is 3.25. The highest BCUT2D eigenvalue weighted by Gasteiger charge is 2.25. The molecule has 2 N–H and O–H groups in total. The van der Waals surface area contributed by atoms with Gasteiger partial charge in [0.15, 0.2) is 0 Å². The van der Waals surface area contributed by atoms with E-state index < -0.39 is 0 Å². The summed E-state index contributed by atoms with van der Waals surface area (Å²) >= 11 is 0. The Hall–Kier alpha value is -2.60. The fraction of sp³-hybridized carbons (Fsp3) is 0.333. The van der Waals surface area contributed by atoms with Crippen LogP contribution in [0.1, 0.15) is 19.3 Å². The van der Waals surface area contributed by atoms with Crippen LogP contribution in [0.4, 0.5) is 10.5 Å². The number of aromatic nitrogens is 1. The van der Waals surface area contributed by atoms with Gasteiger partial charge in [-0.1, -0.05) is 0 Å². The molecule has 1 aliphatic heterocycles.